The van der Waals surface area contributed by atoms with Gasteiger partial charge in [-0.05, 0) is 12.1 Å². The summed E-state index contributed by atoms with van der Waals surface area (Å²) in [7, 11) is 0. The fraction of sp³-hybridized carbons (Fsp3) is 0.174. The van der Waals surface area contributed by atoms with Crippen LogP contribution in [0.2, 0.25) is 0 Å². The highest BCUT2D eigenvalue weighted by Crippen LogP contribution is 2.22. The van der Waals surface area contributed by atoms with Gasteiger partial charge in [0.2, 0.25) is 0 Å². The maximum atomic E-state index is 12.9. The van der Waals surface area contributed by atoms with Gasteiger partial charge in [-0.2, -0.15) is 0 Å². The highest BCUT2D eigenvalue weighted by atomic mass is 16.5. The van der Waals surface area contributed by atoms with E-state index >= 15 is 0 Å². The standard InChI is InChI=1S/C23H21N7O2/c31-23(18-14-19(32-28-18)17-6-2-1-3-7-17)30-12-10-29(11-13-30)22-15-21(25-16-26-22)27-20-8-4-5-9-24-20/h1-9,14-16H,10-13H2,(H,24,25,26,27). The molecule has 9 nitrogen and oxygen atoms in total. The summed E-state index contributed by atoms with van der Waals surface area (Å²) in [6, 6.07) is 18.8. The van der Waals surface area contributed by atoms with Gasteiger partial charge in [0.05, 0.1) is 0 Å². The van der Waals surface area contributed by atoms with Crippen LogP contribution in [0.25, 0.3) is 11.3 Å². The van der Waals surface area contributed by atoms with Crippen molar-refractivity contribution in [3.63, 3.8) is 0 Å². The van der Waals surface area contributed by atoms with Gasteiger partial charge in [0.25, 0.3) is 5.91 Å². The Balaban J connectivity index is 1.21. The third-order valence-corrected chi connectivity index (χ3v) is 5.25. The lowest BCUT2D eigenvalue weighted by Gasteiger charge is -2.35. The van der Waals surface area contributed by atoms with Crippen molar-refractivity contribution in [1.82, 2.24) is 25.0 Å². The minimum Gasteiger partial charge on any atom is -0.355 e. The fourth-order valence-electron chi connectivity index (χ4n) is 3.57. The number of amides is 1. The third kappa shape index (κ3) is 4.27. The number of rotatable bonds is 5. The molecule has 3 aromatic heterocycles. The quantitative estimate of drug-likeness (QED) is 0.518. The van der Waals surface area contributed by atoms with Crippen LogP contribution in [-0.2, 0) is 0 Å². The van der Waals surface area contributed by atoms with E-state index < -0.39 is 0 Å². The number of carbonyl (C=O) groups excluding carboxylic acids is 1. The maximum absolute atomic E-state index is 12.9. The molecule has 4 aromatic rings. The average molecular weight is 427 g/mol. The lowest BCUT2D eigenvalue weighted by atomic mass is 10.1. The lowest BCUT2D eigenvalue weighted by molar-refractivity contribution is 0.0736. The third-order valence-electron chi connectivity index (χ3n) is 5.25. The van der Waals surface area contributed by atoms with E-state index in [4.69, 9.17) is 4.52 Å². The highest BCUT2D eigenvalue weighted by molar-refractivity contribution is 5.93. The largest absolute Gasteiger partial charge is 0.355 e. The first kappa shape index (κ1) is 19.7. The summed E-state index contributed by atoms with van der Waals surface area (Å²) in [4.78, 5) is 29.7. The number of anilines is 3. The first-order valence-corrected chi connectivity index (χ1v) is 10.3. The summed E-state index contributed by atoms with van der Waals surface area (Å²) in [5, 5.41) is 7.16. The van der Waals surface area contributed by atoms with Crippen LogP contribution in [-0.4, -0.2) is 57.1 Å². The average Bonchev–Trinajstić information content (AvgIpc) is 3.36. The fourth-order valence-corrected chi connectivity index (χ4v) is 3.57. The summed E-state index contributed by atoms with van der Waals surface area (Å²) in [6.07, 6.45) is 3.25. The normalized spacial score (nSPS) is 13.8. The van der Waals surface area contributed by atoms with Crippen LogP contribution >= 0.6 is 0 Å². The number of nitrogens with one attached hydrogen (secondary N) is 1. The predicted octanol–water partition coefficient (Wildman–Crippen LogP) is 3.23. The Morgan fingerprint density at radius 3 is 2.47 bits per heavy atom. The van der Waals surface area contributed by atoms with Gasteiger partial charge in [0.1, 0.15) is 23.8 Å². The zero-order chi connectivity index (χ0) is 21.8. The molecule has 0 atom stereocenters. The second-order valence-electron chi connectivity index (χ2n) is 7.32. The minimum atomic E-state index is -0.129. The van der Waals surface area contributed by atoms with E-state index in [9.17, 15) is 4.79 Å². The number of piperazine rings is 1. The Kier molecular flexibility index (Phi) is 5.44. The van der Waals surface area contributed by atoms with E-state index in [0.717, 1.165) is 17.2 Å². The van der Waals surface area contributed by atoms with Crippen molar-refractivity contribution in [2.24, 2.45) is 0 Å². The van der Waals surface area contributed by atoms with E-state index in [2.05, 4.69) is 30.3 Å². The smallest absolute Gasteiger partial charge is 0.276 e. The highest BCUT2D eigenvalue weighted by Gasteiger charge is 2.25. The Hall–Kier alpha value is -4.27. The van der Waals surface area contributed by atoms with Gasteiger partial charge in [0.15, 0.2) is 11.5 Å². The lowest BCUT2D eigenvalue weighted by Crippen LogP contribution is -2.49. The van der Waals surface area contributed by atoms with E-state index in [0.29, 0.717) is 43.5 Å². The van der Waals surface area contributed by atoms with Crippen molar-refractivity contribution in [1.29, 1.82) is 0 Å². The minimum absolute atomic E-state index is 0.129. The van der Waals surface area contributed by atoms with Gasteiger partial charge in [-0.3, -0.25) is 4.79 Å². The molecule has 1 N–H and O–H groups in total. The molecule has 1 amide bonds. The molecule has 0 spiro atoms. The Morgan fingerprint density at radius 1 is 0.875 bits per heavy atom. The number of carbonyl (C=O) groups is 1. The van der Waals surface area contributed by atoms with Gasteiger partial charge in [-0.1, -0.05) is 41.6 Å². The van der Waals surface area contributed by atoms with Crippen LogP contribution in [0, 0.1) is 0 Å². The summed E-state index contributed by atoms with van der Waals surface area (Å²) in [6.45, 7) is 2.46. The Bertz CT molecular complexity index is 1190. The van der Waals surface area contributed by atoms with Crippen molar-refractivity contribution in [2.75, 3.05) is 36.4 Å². The molecular weight excluding hydrogens is 406 g/mol. The van der Waals surface area contributed by atoms with Crippen molar-refractivity contribution < 1.29 is 9.32 Å². The zero-order valence-corrected chi connectivity index (χ0v) is 17.3. The van der Waals surface area contributed by atoms with Crippen molar-refractivity contribution in [2.45, 2.75) is 0 Å². The summed E-state index contributed by atoms with van der Waals surface area (Å²) in [5.41, 5.74) is 1.21. The molecule has 1 aliphatic rings. The molecule has 160 valence electrons. The van der Waals surface area contributed by atoms with Gasteiger partial charge < -0.3 is 19.6 Å². The molecule has 0 saturated carbocycles. The number of aromatic nitrogens is 4. The first-order valence-electron chi connectivity index (χ1n) is 10.3. The predicted molar refractivity (Wildman–Crippen MR) is 120 cm³/mol. The molecule has 0 aliphatic carbocycles. The number of pyridine rings is 1. The second kappa shape index (κ2) is 8.84. The van der Waals surface area contributed by atoms with Crippen LogP contribution in [0.15, 0.2) is 77.7 Å². The van der Waals surface area contributed by atoms with Crippen LogP contribution < -0.4 is 10.2 Å². The van der Waals surface area contributed by atoms with Crippen LogP contribution in [0.3, 0.4) is 0 Å². The molecular formula is C23H21N7O2. The number of nitrogens with zero attached hydrogens (tertiary/aromatic N) is 6. The number of benzene rings is 1. The molecule has 0 bridgehead atoms. The molecule has 0 radical (unpaired) electrons. The molecule has 1 aliphatic heterocycles. The molecule has 1 saturated heterocycles. The van der Waals surface area contributed by atoms with E-state index in [1.165, 1.54) is 6.33 Å². The number of hydrogen-bond donors (Lipinski definition) is 1. The van der Waals surface area contributed by atoms with Crippen molar-refractivity contribution in [3.05, 3.63) is 78.9 Å². The molecule has 4 heterocycles. The van der Waals surface area contributed by atoms with Crippen LogP contribution in [0.5, 0.6) is 0 Å². The summed E-state index contributed by atoms with van der Waals surface area (Å²) >= 11 is 0. The van der Waals surface area contributed by atoms with Crippen molar-refractivity contribution in [3.8, 4) is 11.3 Å². The summed E-state index contributed by atoms with van der Waals surface area (Å²) in [5.74, 6) is 2.65. The molecule has 1 aromatic carbocycles. The molecule has 5 rings (SSSR count). The van der Waals surface area contributed by atoms with E-state index in [1.54, 1.807) is 17.2 Å². The van der Waals surface area contributed by atoms with E-state index in [-0.39, 0.29) is 5.91 Å². The molecule has 1 fully saturated rings. The number of hydrogen-bond acceptors (Lipinski definition) is 8. The van der Waals surface area contributed by atoms with Gasteiger partial charge >= 0.3 is 0 Å². The monoisotopic (exact) mass is 427 g/mol. The first-order chi connectivity index (χ1) is 15.8. The van der Waals surface area contributed by atoms with Gasteiger partial charge in [-0.15, -0.1) is 0 Å². The maximum Gasteiger partial charge on any atom is 0.276 e. The Morgan fingerprint density at radius 2 is 1.69 bits per heavy atom. The van der Waals surface area contributed by atoms with Gasteiger partial charge in [-0.25, -0.2) is 15.0 Å². The molecule has 32 heavy (non-hydrogen) atoms. The van der Waals surface area contributed by atoms with E-state index in [1.807, 2.05) is 54.6 Å². The molecule has 9 heteroatoms. The van der Waals surface area contributed by atoms with Crippen LogP contribution in [0.4, 0.5) is 17.5 Å². The topological polar surface area (TPSA) is 100 Å². The second-order valence-corrected chi connectivity index (χ2v) is 7.32. The molecule has 0 unspecified atom stereocenters. The SMILES string of the molecule is O=C(c1cc(-c2ccccc2)on1)N1CCN(c2cc(Nc3ccccn3)ncn2)CC1. The van der Waals surface area contributed by atoms with Crippen LogP contribution in [0.1, 0.15) is 10.5 Å². The Labute approximate surface area is 184 Å². The van der Waals surface area contributed by atoms with Gasteiger partial charge in [0, 0.05) is 50.1 Å². The summed E-state index contributed by atoms with van der Waals surface area (Å²) < 4.78 is 5.38. The zero-order valence-electron chi connectivity index (χ0n) is 17.3. The van der Waals surface area contributed by atoms with Crippen molar-refractivity contribution >= 4 is 23.4 Å².